The van der Waals surface area contributed by atoms with Gasteiger partial charge in [0, 0.05) is 28.2 Å². The highest BCUT2D eigenvalue weighted by atomic mass is 35.5. The number of aromatic nitrogens is 1. The second kappa shape index (κ2) is 10.0. The molecule has 0 spiro atoms. The van der Waals surface area contributed by atoms with E-state index in [9.17, 15) is 4.79 Å². The van der Waals surface area contributed by atoms with Crippen molar-refractivity contribution < 1.29 is 19.0 Å². The van der Waals surface area contributed by atoms with E-state index in [-0.39, 0.29) is 5.76 Å². The number of hydrogen-bond acceptors (Lipinski definition) is 4. The van der Waals surface area contributed by atoms with Crippen LogP contribution < -0.4 is 9.47 Å². The molecule has 0 fully saturated rings. The minimum absolute atomic E-state index is 0.266. The van der Waals surface area contributed by atoms with Crippen LogP contribution in [0.25, 0.3) is 17.0 Å². The zero-order valence-electron chi connectivity index (χ0n) is 17.2. The molecule has 0 atom stereocenters. The van der Waals surface area contributed by atoms with E-state index in [2.05, 4.69) is 10.6 Å². The van der Waals surface area contributed by atoms with Crippen LogP contribution >= 0.6 is 11.6 Å². The number of aryl methyl sites for hydroxylation is 2. The Morgan fingerprint density at radius 3 is 2.53 bits per heavy atom. The SMILES string of the molecule is CO/C(C=O)=C\C=C\c1cc2cc(Cl)ccc2n1CCc1ccc(OC)c(OC)c1. The molecule has 5 nitrogen and oxygen atoms in total. The highest BCUT2D eigenvalue weighted by Gasteiger charge is 2.09. The van der Waals surface area contributed by atoms with Crippen LogP contribution in [0.4, 0.5) is 0 Å². The summed E-state index contributed by atoms with van der Waals surface area (Å²) in [6.07, 6.45) is 6.87. The number of carbonyl (C=O) groups excluding carboxylic acids is 1. The molecule has 0 bridgehead atoms. The standard InChI is InChI=1S/C24H24ClNO4/c1-28-21(16-27)6-4-5-20-15-18-14-19(25)8-9-22(18)26(20)12-11-17-7-10-23(29-2)24(13-17)30-3/h4-10,13-16H,11-12H2,1-3H3/b5-4+,21-6-. The van der Waals surface area contributed by atoms with Gasteiger partial charge >= 0.3 is 0 Å². The van der Waals surface area contributed by atoms with Crippen molar-refractivity contribution in [1.29, 1.82) is 0 Å². The predicted octanol–water partition coefficient (Wildman–Crippen LogP) is 5.30. The summed E-state index contributed by atoms with van der Waals surface area (Å²) < 4.78 is 17.9. The summed E-state index contributed by atoms with van der Waals surface area (Å²) in [5.41, 5.74) is 3.23. The number of allylic oxidation sites excluding steroid dienone is 3. The number of nitrogens with zero attached hydrogens (tertiary/aromatic N) is 1. The molecule has 0 aliphatic heterocycles. The molecule has 0 aliphatic rings. The van der Waals surface area contributed by atoms with Crippen molar-refractivity contribution in [3.8, 4) is 11.5 Å². The van der Waals surface area contributed by atoms with Crippen molar-refractivity contribution in [2.45, 2.75) is 13.0 Å². The molecule has 0 saturated carbocycles. The van der Waals surface area contributed by atoms with Crippen molar-refractivity contribution in [2.24, 2.45) is 0 Å². The van der Waals surface area contributed by atoms with E-state index in [0.29, 0.717) is 22.8 Å². The first-order valence-corrected chi connectivity index (χ1v) is 9.84. The lowest BCUT2D eigenvalue weighted by Gasteiger charge is -2.12. The van der Waals surface area contributed by atoms with Gasteiger partial charge in [-0.05, 0) is 60.5 Å². The minimum Gasteiger partial charge on any atom is -0.493 e. The summed E-state index contributed by atoms with van der Waals surface area (Å²) in [5.74, 6) is 1.69. The van der Waals surface area contributed by atoms with Gasteiger partial charge in [-0.25, -0.2) is 0 Å². The number of ether oxygens (including phenoxy) is 3. The summed E-state index contributed by atoms with van der Waals surface area (Å²) in [7, 11) is 4.73. The number of benzene rings is 2. The number of fused-ring (bicyclic) bond motifs is 1. The molecule has 156 valence electrons. The molecule has 0 unspecified atom stereocenters. The van der Waals surface area contributed by atoms with Crippen LogP contribution in [0.15, 0.2) is 60.4 Å². The van der Waals surface area contributed by atoms with E-state index in [0.717, 1.165) is 35.1 Å². The maximum atomic E-state index is 10.9. The molecule has 1 aromatic heterocycles. The molecule has 2 aromatic carbocycles. The van der Waals surface area contributed by atoms with Crippen molar-refractivity contribution in [2.75, 3.05) is 21.3 Å². The number of hydrogen-bond donors (Lipinski definition) is 0. The fourth-order valence-electron chi connectivity index (χ4n) is 3.32. The Labute approximate surface area is 181 Å². The van der Waals surface area contributed by atoms with E-state index in [1.54, 1.807) is 26.4 Å². The van der Waals surface area contributed by atoms with E-state index in [1.165, 1.54) is 7.11 Å². The normalized spacial score (nSPS) is 11.8. The number of halogens is 1. The molecule has 0 saturated heterocycles. The Balaban J connectivity index is 1.92. The molecule has 0 N–H and O–H groups in total. The van der Waals surface area contributed by atoms with Gasteiger partial charge in [0.15, 0.2) is 23.5 Å². The van der Waals surface area contributed by atoms with Gasteiger partial charge < -0.3 is 18.8 Å². The number of aldehydes is 1. The summed E-state index contributed by atoms with van der Waals surface area (Å²) in [6, 6.07) is 13.9. The molecule has 0 aliphatic carbocycles. The first kappa shape index (κ1) is 21.5. The van der Waals surface area contributed by atoms with Gasteiger partial charge in [0.05, 0.1) is 21.3 Å². The lowest BCUT2D eigenvalue weighted by molar-refractivity contribution is -0.107. The summed E-state index contributed by atoms with van der Waals surface area (Å²) in [4.78, 5) is 10.9. The molecule has 3 aromatic rings. The number of methoxy groups -OCH3 is 3. The van der Waals surface area contributed by atoms with Crippen molar-refractivity contribution in [3.63, 3.8) is 0 Å². The smallest absolute Gasteiger partial charge is 0.184 e. The zero-order valence-corrected chi connectivity index (χ0v) is 18.0. The highest BCUT2D eigenvalue weighted by Crippen LogP contribution is 2.29. The fraction of sp³-hybridized carbons (Fsp3) is 0.208. The monoisotopic (exact) mass is 425 g/mol. The second-order valence-electron chi connectivity index (χ2n) is 6.61. The molecular weight excluding hydrogens is 402 g/mol. The van der Waals surface area contributed by atoms with Crippen LogP contribution in [0.1, 0.15) is 11.3 Å². The maximum absolute atomic E-state index is 10.9. The Kier molecular flexibility index (Phi) is 7.20. The van der Waals surface area contributed by atoms with Gasteiger partial charge in [-0.1, -0.05) is 23.7 Å². The maximum Gasteiger partial charge on any atom is 0.184 e. The van der Waals surface area contributed by atoms with Crippen LogP contribution in [0.3, 0.4) is 0 Å². The third kappa shape index (κ3) is 4.86. The molecule has 30 heavy (non-hydrogen) atoms. The average Bonchev–Trinajstić information content (AvgIpc) is 3.11. The number of carbonyl (C=O) groups is 1. The fourth-order valence-corrected chi connectivity index (χ4v) is 3.51. The Morgan fingerprint density at radius 1 is 1.03 bits per heavy atom. The van der Waals surface area contributed by atoms with E-state index in [1.807, 2.05) is 42.5 Å². The van der Waals surface area contributed by atoms with E-state index < -0.39 is 0 Å². The van der Waals surface area contributed by atoms with Crippen molar-refractivity contribution >= 4 is 34.9 Å². The van der Waals surface area contributed by atoms with Gasteiger partial charge in [-0.15, -0.1) is 0 Å². The Hall–Kier alpha value is -3.18. The molecule has 0 radical (unpaired) electrons. The summed E-state index contributed by atoms with van der Waals surface area (Å²) in [6.45, 7) is 0.759. The first-order chi connectivity index (χ1) is 14.6. The molecule has 3 rings (SSSR count). The van der Waals surface area contributed by atoms with Gasteiger partial charge in [-0.2, -0.15) is 0 Å². The van der Waals surface area contributed by atoms with Crippen molar-refractivity contribution in [1.82, 2.24) is 4.57 Å². The summed E-state index contributed by atoms with van der Waals surface area (Å²) >= 11 is 6.18. The largest absolute Gasteiger partial charge is 0.493 e. The van der Waals surface area contributed by atoms with Crippen LogP contribution in [0.5, 0.6) is 11.5 Å². The molecule has 0 amide bonds. The van der Waals surface area contributed by atoms with Crippen LogP contribution in [-0.4, -0.2) is 32.2 Å². The molecule has 6 heteroatoms. The average molecular weight is 426 g/mol. The predicted molar refractivity (Wildman–Crippen MR) is 120 cm³/mol. The zero-order chi connectivity index (χ0) is 21.5. The van der Waals surface area contributed by atoms with E-state index in [4.69, 9.17) is 25.8 Å². The van der Waals surface area contributed by atoms with Crippen LogP contribution in [-0.2, 0) is 22.5 Å². The second-order valence-corrected chi connectivity index (χ2v) is 7.05. The molecular formula is C24H24ClNO4. The third-order valence-electron chi connectivity index (χ3n) is 4.85. The highest BCUT2D eigenvalue weighted by molar-refractivity contribution is 6.31. The van der Waals surface area contributed by atoms with Crippen molar-refractivity contribution in [3.05, 3.63) is 76.7 Å². The Bertz CT molecular complexity index is 1100. The van der Waals surface area contributed by atoms with Gasteiger partial charge in [0.1, 0.15) is 0 Å². The van der Waals surface area contributed by atoms with Gasteiger partial charge in [-0.3, -0.25) is 4.79 Å². The number of rotatable bonds is 9. The van der Waals surface area contributed by atoms with Crippen LogP contribution in [0.2, 0.25) is 5.02 Å². The Morgan fingerprint density at radius 2 is 1.83 bits per heavy atom. The first-order valence-electron chi connectivity index (χ1n) is 9.46. The lowest BCUT2D eigenvalue weighted by Crippen LogP contribution is -2.03. The summed E-state index contributed by atoms with van der Waals surface area (Å²) in [5, 5.41) is 1.75. The lowest BCUT2D eigenvalue weighted by atomic mass is 10.1. The molecule has 1 heterocycles. The van der Waals surface area contributed by atoms with E-state index >= 15 is 0 Å². The minimum atomic E-state index is 0.266. The van der Waals surface area contributed by atoms with Crippen LogP contribution in [0, 0.1) is 0 Å². The third-order valence-corrected chi connectivity index (χ3v) is 5.08. The van der Waals surface area contributed by atoms with Gasteiger partial charge in [0.25, 0.3) is 0 Å². The van der Waals surface area contributed by atoms with Gasteiger partial charge in [0.2, 0.25) is 0 Å². The topological polar surface area (TPSA) is 49.7 Å². The quantitative estimate of drug-likeness (QED) is 0.202.